The summed E-state index contributed by atoms with van der Waals surface area (Å²) in [6, 6.07) is 4.07. The van der Waals surface area contributed by atoms with E-state index in [1.807, 2.05) is 24.0 Å². The van der Waals surface area contributed by atoms with Gasteiger partial charge in [-0.1, -0.05) is 12.8 Å². The third kappa shape index (κ3) is 4.71. The first-order valence-electron chi connectivity index (χ1n) is 9.39. The quantitative estimate of drug-likeness (QED) is 0.882. The number of likely N-dealkylation sites (tertiary alicyclic amines) is 1. The van der Waals surface area contributed by atoms with Crippen LogP contribution in [0.4, 0.5) is 4.79 Å². The number of nitrogens with zero attached hydrogens (tertiary/aromatic N) is 2. The van der Waals surface area contributed by atoms with E-state index < -0.39 is 0 Å². The predicted octanol–water partition coefficient (Wildman–Crippen LogP) is 2.62. The molecule has 3 amide bonds. The monoisotopic (exact) mass is 344 g/mol. The van der Waals surface area contributed by atoms with E-state index in [9.17, 15) is 9.59 Å². The Labute approximate surface area is 149 Å². The molecule has 25 heavy (non-hydrogen) atoms. The number of aromatic nitrogens is 1. The molecule has 1 aliphatic heterocycles. The molecule has 2 unspecified atom stereocenters. The fourth-order valence-electron chi connectivity index (χ4n) is 3.78. The van der Waals surface area contributed by atoms with Crippen molar-refractivity contribution in [3.05, 3.63) is 30.1 Å². The van der Waals surface area contributed by atoms with Crippen molar-refractivity contribution in [1.29, 1.82) is 0 Å². The van der Waals surface area contributed by atoms with Gasteiger partial charge >= 0.3 is 6.03 Å². The molecule has 6 nitrogen and oxygen atoms in total. The van der Waals surface area contributed by atoms with Crippen molar-refractivity contribution in [3.8, 4) is 0 Å². The fourth-order valence-corrected chi connectivity index (χ4v) is 3.78. The fraction of sp³-hybridized carbons (Fsp3) is 0.632. The van der Waals surface area contributed by atoms with Gasteiger partial charge in [-0.15, -0.1) is 0 Å². The van der Waals surface area contributed by atoms with Gasteiger partial charge in [0.05, 0.1) is 12.0 Å². The van der Waals surface area contributed by atoms with E-state index in [4.69, 9.17) is 0 Å². The molecular formula is C19H28N4O2. The Bertz CT molecular complexity index is 586. The van der Waals surface area contributed by atoms with Crippen molar-refractivity contribution >= 4 is 11.9 Å². The zero-order chi connectivity index (χ0) is 17.6. The summed E-state index contributed by atoms with van der Waals surface area (Å²) >= 11 is 0. The molecule has 3 rings (SSSR count). The molecule has 0 bridgehead atoms. The lowest BCUT2D eigenvalue weighted by Gasteiger charge is -2.33. The van der Waals surface area contributed by atoms with E-state index in [2.05, 4.69) is 15.6 Å². The number of hydrogen-bond acceptors (Lipinski definition) is 3. The molecule has 136 valence electrons. The number of piperidine rings is 1. The third-order valence-corrected chi connectivity index (χ3v) is 5.33. The second-order valence-electron chi connectivity index (χ2n) is 7.23. The molecule has 2 atom stereocenters. The van der Waals surface area contributed by atoms with Crippen LogP contribution in [0.3, 0.4) is 0 Å². The molecule has 2 fully saturated rings. The zero-order valence-electron chi connectivity index (χ0n) is 14.9. The summed E-state index contributed by atoms with van der Waals surface area (Å²) in [5, 5.41) is 6.20. The number of hydrogen-bond donors (Lipinski definition) is 2. The summed E-state index contributed by atoms with van der Waals surface area (Å²) in [5.74, 6) is -0.102. The van der Waals surface area contributed by atoms with Crippen molar-refractivity contribution in [2.24, 2.45) is 5.92 Å². The van der Waals surface area contributed by atoms with Crippen LogP contribution in [-0.4, -0.2) is 41.0 Å². The molecule has 1 saturated heterocycles. The van der Waals surface area contributed by atoms with E-state index in [0.717, 1.165) is 37.8 Å². The molecular weight excluding hydrogens is 316 g/mol. The van der Waals surface area contributed by atoms with Crippen molar-refractivity contribution in [2.45, 2.75) is 57.5 Å². The number of rotatable bonds is 4. The maximum absolute atomic E-state index is 12.6. The van der Waals surface area contributed by atoms with Crippen LogP contribution in [0.1, 0.15) is 57.1 Å². The SMILES string of the molecule is CC(NC(=O)C1CCCN(C(=O)NC2CCCC2)C1)c1ccncc1. The van der Waals surface area contributed by atoms with Gasteiger partial charge in [-0.25, -0.2) is 4.79 Å². The first-order chi connectivity index (χ1) is 12.1. The maximum atomic E-state index is 12.6. The molecule has 1 aromatic heterocycles. The van der Waals surface area contributed by atoms with E-state index in [-0.39, 0.29) is 23.9 Å². The molecule has 2 N–H and O–H groups in total. The Morgan fingerprint density at radius 2 is 1.88 bits per heavy atom. The van der Waals surface area contributed by atoms with Crippen molar-refractivity contribution in [3.63, 3.8) is 0 Å². The maximum Gasteiger partial charge on any atom is 0.317 e. The number of amides is 3. The molecule has 2 heterocycles. The summed E-state index contributed by atoms with van der Waals surface area (Å²) < 4.78 is 0. The highest BCUT2D eigenvalue weighted by Gasteiger charge is 2.30. The van der Waals surface area contributed by atoms with Gasteiger partial charge < -0.3 is 15.5 Å². The zero-order valence-corrected chi connectivity index (χ0v) is 14.9. The number of carbonyl (C=O) groups excluding carboxylic acids is 2. The van der Waals surface area contributed by atoms with Gasteiger partial charge in [-0.3, -0.25) is 9.78 Å². The second-order valence-corrected chi connectivity index (χ2v) is 7.23. The lowest BCUT2D eigenvalue weighted by Crippen LogP contribution is -2.50. The summed E-state index contributed by atoms with van der Waals surface area (Å²) in [6.45, 7) is 3.22. The van der Waals surface area contributed by atoms with Gasteiger partial charge in [0.15, 0.2) is 0 Å². The van der Waals surface area contributed by atoms with Crippen LogP contribution < -0.4 is 10.6 Å². The summed E-state index contributed by atoms with van der Waals surface area (Å²) in [4.78, 5) is 30.9. The second kappa shape index (κ2) is 8.32. The highest BCUT2D eigenvalue weighted by Crippen LogP contribution is 2.21. The van der Waals surface area contributed by atoms with Crippen LogP contribution in [0.2, 0.25) is 0 Å². The Kier molecular flexibility index (Phi) is 5.89. The third-order valence-electron chi connectivity index (χ3n) is 5.33. The lowest BCUT2D eigenvalue weighted by atomic mass is 9.96. The van der Waals surface area contributed by atoms with Gasteiger partial charge in [0.2, 0.25) is 5.91 Å². The number of urea groups is 1. The first-order valence-corrected chi connectivity index (χ1v) is 9.39. The van der Waals surface area contributed by atoms with Gasteiger partial charge in [-0.05, 0) is 50.3 Å². The lowest BCUT2D eigenvalue weighted by molar-refractivity contribution is -0.126. The largest absolute Gasteiger partial charge is 0.349 e. The van der Waals surface area contributed by atoms with Gasteiger partial charge in [-0.2, -0.15) is 0 Å². The molecule has 6 heteroatoms. The minimum atomic E-state index is -0.132. The van der Waals surface area contributed by atoms with Crippen LogP contribution in [0.5, 0.6) is 0 Å². The van der Waals surface area contributed by atoms with E-state index in [0.29, 0.717) is 12.6 Å². The highest BCUT2D eigenvalue weighted by atomic mass is 16.2. The van der Waals surface area contributed by atoms with Crippen molar-refractivity contribution in [2.75, 3.05) is 13.1 Å². The average molecular weight is 344 g/mol. The van der Waals surface area contributed by atoms with E-state index in [1.165, 1.54) is 12.8 Å². The molecule has 0 radical (unpaired) electrons. The van der Waals surface area contributed by atoms with Gasteiger partial charge in [0.25, 0.3) is 0 Å². The average Bonchev–Trinajstić information content (AvgIpc) is 3.15. The molecule has 0 spiro atoms. The van der Waals surface area contributed by atoms with Crippen LogP contribution in [-0.2, 0) is 4.79 Å². The topological polar surface area (TPSA) is 74.3 Å². The summed E-state index contributed by atoms with van der Waals surface area (Å²) in [5.41, 5.74) is 1.04. The Morgan fingerprint density at radius 3 is 2.60 bits per heavy atom. The van der Waals surface area contributed by atoms with Crippen LogP contribution in [0.25, 0.3) is 0 Å². The van der Waals surface area contributed by atoms with E-state index in [1.54, 1.807) is 12.4 Å². The van der Waals surface area contributed by atoms with Gasteiger partial charge in [0.1, 0.15) is 0 Å². The van der Waals surface area contributed by atoms with Crippen LogP contribution in [0, 0.1) is 5.92 Å². The van der Waals surface area contributed by atoms with Crippen LogP contribution >= 0.6 is 0 Å². The summed E-state index contributed by atoms with van der Waals surface area (Å²) in [6.07, 6.45) is 9.72. The Morgan fingerprint density at radius 1 is 1.16 bits per heavy atom. The van der Waals surface area contributed by atoms with Gasteiger partial charge in [0, 0.05) is 31.5 Å². The van der Waals surface area contributed by atoms with Crippen LogP contribution in [0.15, 0.2) is 24.5 Å². The first kappa shape index (κ1) is 17.7. The molecule has 1 saturated carbocycles. The number of carbonyl (C=O) groups is 2. The van der Waals surface area contributed by atoms with E-state index >= 15 is 0 Å². The standard InChI is InChI=1S/C19H28N4O2/c1-14(15-8-10-20-11-9-15)21-18(24)16-5-4-12-23(13-16)19(25)22-17-6-2-3-7-17/h8-11,14,16-17H,2-7,12-13H2,1H3,(H,21,24)(H,22,25). The Balaban J connectivity index is 1.51. The summed E-state index contributed by atoms with van der Waals surface area (Å²) in [7, 11) is 0. The minimum absolute atomic E-state index is 0.00779. The van der Waals surface area contributed by atoms with Crippen molar-refractivity contribution < 1.29 is 9.59 Å². The predicted molar refractivity (Wildman–Crippen MR) is 95.9 cm³/mol. The minimum Gasteiger partial charge on any atom is -0.349 e. The van der Waals surface area contributed by atoms with Crippen molar-refractivity contribution in [1.82, 2.24) is 20.5 Å². The molecule has 0 aromatic carbocycles. The smallest absolute Gasteiger partial charge is 0.317 e. The molecule has 1 aromatic rings. The number of pyridine rings is 1. The molecule has 1 aliphatic carbocycles. The Hall–Kier alpha value is -2.11. The number of nitrogens with one attached hydrogen (secondary N) is 2. The molecule has 2 aliphatic rings. The normalized spacial score (nSPS) is 22.4. The highest BCUT2D eigenvalue weighted by molar-refractivity contribution is 5.81.